The first-order valence-electron chi connectivity index (χ1n) is 3.95. The third kappa shape index (κ3) is 2.21. The first kappa shape index (κ1) is 9.42. The van der Waals surface area contributed by atoms with Crippen molar-refractivity contribution >= 4 is 28.1 Å². The smallest absolute Gasteiger partial charge is 0.208 e. The molecule has 74 valence electrons. The van der Waals surface area contributed by atoms with E-state index in [-0.39, 0.29) is 0 Å². The molecule has 2 aromatic rings. The van der Waals surface area contributed by atoms with Crippen LogP contribution in [0.1, 0.15) is 5.69 Å². The predicted molar refractivity (Wildman–Crippen MR) is 55.5 cm³/mol. The molecule has 2 rings (SSSR count). The van der Waals surface area contributed by atoms with E-state index < -0.39 is 0 Å². The molecule has 7 heteroatoms. The Kier molecular flexibility index (Phi) is 2.64. The van der Waals surface area contributed by atoms with Crippen molar-refractivity contribution < 1.29 is 0 Å². The standard InChI is InChI=1S/C7H8ClN5S/c1-13-3-2-5(12-13)4-9-7-11-10-6(8)14-7/h2-3H,4H2,1H3,(H,9,11). The van der Waals surface area contributed by atoms with E-state index in [1.165, 1.54) is 11.3 Å². The van der Waals surface area contributed by atoms with Crippen LogP contribution in [0.25, 0.3) is 0 Å². The minimum Gasteiger partial charge on any atom is -0.354 e. The zero-order valence-electron chi connectivity index (χ0n) is 7.44. The number of aryl methyl sites for hydroxylation is 1. The second-order valence-electron chi connectivity index (χ2n) is 2.69. The number of hydrogen-bond donors (Lipinski definition) is 1. The van der Waals surface area contributed by atoms with Crippen LogP contribution in [-0.4, -0.2) is 20.0 Å². The highest BCUT2D eigenvalue weighted by atomic mass is 35.5. The fourth-order valence-corrected chi connectivity index (χ4v) is 1.72. The normalized spacial score (nSPS) is 10.4. The SMILES string of the molecule is Cn1ccc(CNc2nnc(Cl)s2)n1. The molecule has 14 heavy (non-hydrogen) atoms. The number of nitrogens with one attached hydrogen (secondary N) is 1. The molecule has 0 saturated carbocycles. The van der Waals surface area contributed by atoms with E-state index >= 15 is 0 Å². The van der Waals surface area contributed by atoms with Gasteiger partial charge in [0.15, 0.2) is 0 Å². The van der Waals surface area contributed by atoms with Crippen LogP contribution < -0.4 is 5.32 Å². The zero-order chi connectivity index (χ0) is 9.97. The maximum Gasteiger partial charge on any atom is 0.208 e. The van der Waals surface area contributed by atoms with Gasteiger partial charge in [-0.25, -0.2) is 0 Å². The monoisotopic (exact) mass is 229 g/mol. The van der Waals surface area contributed by atoms with E-state index in [1.807, 2.05) is 19.3 Å². The Hall–Kier alpha value is -1.14. The highest BCUT2D eigenvalue weighted by Gasteiger charge is 2.01. The molecule has 1 N–H and O–H groups in total. The van der Waals surface area contributed by atoms with Crippen molar-refractivity contribution in [2.75, 3.05) is 5.32 Å². The lowest BCUT2D eigenvalue weighted by Gasteiger charge is -1.96. The van der Waals surface area contributed by atoms with Crippen molar-refractivity contribution in [2.45, 2.75) is 6.54 Å². The molecule has 5 nitrogen and oxygen atoms in total. The van der Waals surface area contributed by atoms with Crippen molar-refractivity contribution in [3.63, 3.8) is 0 Å². The Bertz CT molecular complexity index is 383. The number of rotatable bonds is 3. The summed E-state index contributed by atoms with van der Waals surface area (Å²) in [5.41, 5.74) is 0.957. The van der Waals surface area contributed by atoms with E-state index in [4.69, 9.17) is 11.6 Å². The summed E-state index contributed by atoms with van der Waals surface area (Å²) < 4.78 is 2.19. The Morgan fingerprint density at radius 2 is 2.43 bits per heavy atom. The van der Waals surface area contributed by atoms with Crippen molar-refractivity contribution in [1.82, 2.24) is 20.0 Å². The molecule has 0 unspecified atom stereocenters. The molecule has 0 atom stereocenters. The average Bonchev–Trinajstić information content (AvgIpc) is 2.72. The maximum atomic E-state index is 5.63. The van der Waals surface area contributed by atoms with Gasteiger partial charge in [0.25, 0.3) is 0 Å². The molecule has 0 aliphatic heterocycles. The van der Waals surface area contributed by atoms with Crippen LogP contribution in [-0.2, 0) is 13.6 Å². The van der Waals surface area contributed by atoms with E-state index in [0.717, 1.165) is 5.69 Å². The molecular formula is C7H8ClN5S. The quantitative estimate of drug-likeness (QED) is 0.868. The Balaban J connectivity index is 1.94. The third-order valence-electron chi connectivity index (χ3n) is 1.59. The Morgan fingerprint density at radius 3 is 3.00 bits per heavy atom. The molecule has 0 fully saturated rings. The maximum absolute atomic E-state index is 5.63. The summed E-state index contributed by atoms with van der Waals surface area (Å²) in [5, 5.41) is 15.5. The van der Waals surface area contributed by atoms with Gasteiger partial charge < -0.3 is 5.32 Å². The van der Waals surface area contributed by atoms with Crippen LogP contribution >= 0.6 is 22.9 Å². The molecule has 0 aromatic carbocycles. The summed E-state index contributed by atoms with van der Waals surface area (Å²) in [6.07, 6.45) is 1.89. The summed E-state index contributed by atoms with van der Waals surface area (Å²) in [4.78, 5) is 0. The van der Waals surface area contributed by atoms with Gasteiger partial charge in [-0.15, -0.1) is 10.2 Å². The van der Waals surface area contributed by atoms with E-state index in [9.17, 15) is 0 Å². The van der Waals surface area contributed by atoms with Crippen molar-refractivity contribution in [2.24, 2.45) is 7.05 Å². The molecule has 2 aromatic heterocycles. The van der Waals surface area contributed by atoms with E-state index in [1.54, 1.807) is 4.68 Å². The van der Waals surface area contributed by atoms with Crippen LogP contribution in [0.2, 0.25) is 4.47 Å². The molecule has 0 saturated heterocycles. The van der Waals surface area contributed by atoms with Gasteiger partial charge in [0, 0.05) is 13.2 Å². The van der Waals surface area contributed by atoms with E-state index in [2.05, 4.69) is 20.6 Å². The number of anilines is 1. The third-order valence-corrected chi connectivity index (χ3v) is 2.57. The number of aromatic nitrogens is 4. The number of hydrogen-bond acceptors (Lipinski definition) is 5. The summed E-state index contributed by atoms with van der Waals surface area (Å²) >= 11 is 6.94. The van der Waals surface area contributed by atoms with Gasteiger partial charge in [-0.2, -0.15) is 5.10 Å². The van der Waals surface area contributed by atoms with Gasteiger partial charge >= 0.3 is 0 Å². The molecule has 0 amide bonds. The van der Waals surface area contributed by atoms with E-state index in [0.29, 0.717) is 16.1 Å². The van der Waals surface area contributed by atoms with Crippen LogP contribution in [0.4, 0.5) is 5.13 Å². The number of halogens is 1. The highest BCUT2D eigenvalue weighted by Crippen LogP contribution is 2.19. The minimum atomic E-state index is 0.438. The van der Waals surface area contributed by atoms with Gasteiger partial charge in [-0.05, 0) is 17.7 Å². The lowest BCUT2D eigenvalue weighted by atomic mass is 10.4. The Labute approximate surface area is 89.7 Å². The fraction of sp³-hybridized carbons (Fsp3) is 0.286. The first-order chi connectivity index (χ1) is 6.74. The first-order valence-corrected chi connectivity index (χ1v) is 5.15. The summed E-state index contributed by atoms with van der Waals surface area (Å²) in [5.74, 6) is 0. The highest BCUT2D eigenvalue weighted by molar-refractivity contribution is 7.18. The zero-order valence-corrected chi connectivity index (χ0v) is 9.01. The van der Waals surface area contributed by atoms with Crippen molar-refractivity contribution in [3.05, 3.63) is 22.4 Å². The molecule has 0 radical (unpaired) electrons. The van der Waals surface area contributed by atoms with Gasteiger partial charge in [-0.1, -0.05) is 11.3 Å². The van der Waals surface area contributed by atoms with Gasteiger partial charge in [0.2, 0.25) is 9.60 Å². The largest absolute Gasteiger partial charge is 0.354 e. The van der Waals surface area contributed by atoms with Crippen LogP contribution in [0.3, 0.4) is 0 Å². The molecular weight excluding hydrogens is 222 g/mol. The summed E-state index contributed by atoms with van der Waals surface area (Å²) in [7, 11) is 1.88. The second-order valence-corrected chi connectivity index (χ2v) is 4.25. The van der Waals surface area contributed by atoms with Gasteiger partial charge in [0.1, 0.15) is 0 Å². The van der Waals surface area contributed by atoms with Gasteiger partial charge in [-0.3, -0.25) is 4.68 Å². The van der Waals surface area contributed by atoms with Crippen LogP contribution in [0.15, 0.2) is 12.3 Å². The minimum absolute atomic E-state index is 0.438. The topological polar surface area (TPSA) is 55.6 Å². The molecule has 0 aliphatic rings. The van der Waals surface area contributed by atoms with Crippen LogP contribution in [0, 0.1) is 0 Å². The van der Waals surface area contributed by atoms with Crippen LogP contribution in [0.5, 0.6) is 0 Å². The predicted octanol–water partition coefficient (Wildman–Crippen LogP) is 1.54. The lowest BCUT2D eigenvalue weighted by Crippen LogP contribution is -2.00. The number of nitrogens with zero attached hydrogens (tertiary/aromatic N) is 4. The summed E-state index contributed by atoms with van der Waals surface area (Å²) in [6.45, 7) is 0.631. The molecule has 0 spiro atoms. The molecule has 0 bridgehead atoms. The van der Waals surface area contributed by atoms with Crippen molar-refractivity contribution in [1.29, 1.82) is 0 Å². The molecule has 2 heterocycles. The Morgan fingerprint density at radius 1 is 1.57 bits per heavy atom. The fourth-order valence-electron chi connectivity index (χ4n) is 1.00. The summed E-state index contributed by atoms with van der Waals surface area (Å²) in [6, 6.07) is 1.94. The molecule has 0 aliphatic carbocycles. The second kappa shape index (κ2) is 3.93. The average molecular weight is 230 g/mol. The van der Waals surface area contributed by atoms with Crippen molar-refractivity contribution in [3.8, 4) is 0 Å². The van der Waals surface area contributed by atoms with Gasteiger partial charge in [0.05, 0.1) is 12.2 Å². The lowest BCUT2D eigenvalue weighted by molar-refractivity contribution is 0.747.